The lowest BCUT2D eigenvalue weighted by molar-refractivity contribution is 0.620. The zero-order chi connectivity index (χ0) is 9.84. The van der Waals surface area contributed by atoms with Crippen LogP contribution in [0, 0.1) is 6.92 Å². The molecule has 0 saturated carbocycles. The third-order valence-electron chi connectivity index (χ3n) is 2.11. The maximum absolute atomic E-state index is 4.01. The van der Waals surface area contributed by atoms with Crippen LogP contribution in [-0.4, -0.2) is 6.54 Å². The van der Waals surface area contributed by atoms with Gasteiger partial charge in [-0.05, 0) is 42.3 Å². The summed E-state index contributed by atoms with van der Waals surface area (Å²) in [5.74, 6) is 0. The fourth-order valence-corrected chi connectivity index (χ4v) is 2.30. The Labute approximate surface area is 84.5 Å². The van der Waals surface area contributed by atoms with Gasteiger partial charge in [0.25, 0.3) is 0 Å². The van der Waals surface area contributed by atoms with Gasteiger partial charge >= 0.3 is 0 Å². The molecule has 1 heterocycles. The molecule has 1 rings (SSSR count). The van der Waals surface area contributed by atoms with Gasteiger partial charge in [-0.1, -0.05) is 19.1 Å². The molecule has 0 aliphatic heterocycles. The summed E-state index contributed by atoms with van der Waals surface area (Å²) < 4.78 is 0. The predicted molar refractivity (Wildman–Crippen MR) is 60.3 cm³/mol. The summed E-state index contributed by atoms with van der Waals surface area (Å²) in [6.45, 7) is 11.3. The molecule has 0 amide bonds. The smallest absolute Gasteiger partial charge is 0.0541 e. The predicted octanol–water partition coefficient (Wildman–Crippen LogP) is 3.28. The molecule has 1 nitrogen and oxygen atoms in total. The van der Waals surface area contributed by atoms with Crippen molar-refractivity contribution >= 4 is 11.3 Å². The number of rotatable bonds is 4. The van der Waals surface area contributed by atoms with E-state index in [4.69, 9.17) is 0 Å². The summed E-state index contributed by atoms with van der Waals surface area (Å²) in [7, 11) is 0. The van der Waals surface area contributed by atoms with E-state index in [1.807, 2.05) is 0 Å². The molecule has 0 spiro atoms. The Morgan fingerprint density at radius 1 is 1.62 bits per heavy atom. The zero-order valence-corrected chi connectivity index (χ0v) is 9.37. The molecule has 72 valence electrons. The first-order valence-electron chi connectivity index (χ1n) is 4.58. The third-order valence-corrected chi connectivity index (χ3v) is 2.99. The lowest BCUT2D eigenvalue weighted by atomic mass is 10.0. The fourth-order valence-electron chi connectivity index (χ4n) is 1.42. The maximum atomic E-state index is 4.01. The summed E-state index contributed by atoms with van der Waals surface area (Å²) in [6.07, 6.45) is 0. The Balaban J connectivity index is 2.88. The Hall–Kier alpha value is -0.600. The Bertz CT molecular complexity index is 288. The molecule has 0 aliphatic rings. The molecule has 0 radical (unpaired) electrons. The van der Waals surface area contributed by atoms with E-state index < -0.39 is 0 Å². The van der Waals surface area contributed by atoms with Crippen LogP contribution in [-0.2, 0) is 0 Å². The maximum Gasteiger partial charge on any atom is 0.0541 e. The molecule has 1 N–H and O–H groups in total. The van der Waals surface area contributed by atoms with E-state index in [1.165, 1.54) is 16.7 Å². The van der Waals surface area contributed by atoms with E-state index in [2.05, 4.69) is 43.4 Å². The zero-order valence-electron chi connectivity index (χ0n) is 8.55. The summed E-state index contributed by atoms with van der Waals surface area (Å²) in [6, 6.07) is 0.330. The van der Waals surface area contributed by atoms with Crippen LogP contribution >= 0.6 is 11.3 Å². The monoisotopic (exact) mass is 195 g/mol. The fraction of sp³-hybridized carbons (Fsp3) is 0.455. The number of likely N-dealkylation sites (N-methyl/N-ethyl adjacent to an activating group) is 1. The van der Waals surface area contributed by atoms with Gasteiger partial charge in [0, 0.05) is 0 Å². The van der Waals surface area contributed by atoms with Gasteiger partial charge in [0.2, 0.25) is 0 Å². The topological polar surface area (TPSA) is 12.0 Å². The van der Waals surface area contributed by atoms with Crippen molar-refractivity contribution in [2.45, 2.75) is 26.8 Å². The van der Waals surface area contributed by atoms with Gasteiger partial charge in [0.1, 0.15) is 0 Å². The third kappa shape index (κ3) is 2.42. The minimum absolute atomic E-state index is 0.330. The molecular formula is C11H17NS. The minimum Gasteiger partial charge on any atom is -0.307 e. The first kappa shape index (κ1) is 10.5. The molecule has 0 saturated heterocycles. The number of hydrogen-bond donors (Lipinski definition) is 1. The van der Waals surface area contributed by atoms with Crippen LogP contribution in [0.15, 0.2) is 22.9 Å². The average Bonchev–Trinajstić information content (AvgIpc) is 2.47. The van der Waals surface area contributed by atoms with Gasteiger partial charge in [-0.15, -0.1) is 0 Å². The molecule has 0 aliphatic carbocycles. The second kappa shape index (κ2) is 4.58. The van der Waals surface area contributed by atoms with Crippen molar-refractivity contribution in [2.24, 2.45) is 0 Å². The van der Waals surface area contributed by atoms with Crippen LogP contribution in [0.4, 0.5) is 0 Å². The SMILES string of the molecule is C=C(C)C(NCC)c1cscc1C. The molecule has 0 aromatic carbocycles. The number of nitrogens with one attached hydrogen (secondary N) is 1. The molecule has 1 atom stereocenters. The second-order valence-electron chi connectivity index (χ2n) is 3.35. The first-order chi connectivity index (χ1) is 6.16. The van der Waals surface area contributed by atoms with E-state index in [-0.39, 0.29) is 0 Å². The molecule has 0 bridgehead atoms. The van der Waals surface area contributed by atoms with E-state index in [0.717, 1.165) is 6.54 Å². The van der Waals surface area contributed by atoms with Gasteiger partial charge in [0.05, 0.1) is 6.04 Å². The van der Waals surface area contributed by atoms with E-state index in [1.54, 1.807) is 11.3 Å². The molecule has 2 heteroatoms. The van der Waals surface area contributed by atoms with Crippen LogP contribution in [0.5, 0.6) is 0 Å². The van der Waals surface area contributed by atoms with Gasteiger partial charge in [0.15, 0.2) is 0 Å². The van der Waals surface area contributed by atoms with Crippen LogP contribution in [0.3, 0.4) is 0 Å². The minimum atomic E-state index is 0.330. The van der Waals surface area contributed by atoms with Gasteiger partial charge in [-0.2, -0.15) is 11.3 Å². The van der Waals surface area contributed by atoms with Crippen molar-refractivity contribution in [3.8, 4) is 0 Å². The number of thiophene rings is 1. The Kier molecular flexibility index (Phi) is 3.70. The highest BCUT2D eigenvalue weighted by Crippen LogP contribution is 2.26. The van der Waals surface area contributed by atoms with Gasteiger partial charge in [-0.25, -0.2) is 0 Å². The second-order valence-corrected chi connectivity index (χ2v) is 4.09. The normalized spacial score (nSPS) is 12.8. The molecule has 1 unspecified atom stereocenters. The summed E-state index contributed by atoms with van der Waals surface area (Å²) in [5, 5.41) is 7.82. The summed E-state index contributed by atoms with van der Waals surface area (Å²) in [4.78, 5) is 0. The standard InChI is InChI=1S/C11H17NS/c1-5-12-11(8(2)3)10-7-13-6-9(10)4/h6-7,11-12H,2,5H2,1,3-4H3. The van der Waals surface area contributed by atoms with Crippen LogP contribution in [0.1, 0.15) is 31.0 Å². The van der Waals surface area contributed by atoms with Crippen molar-refractivity contribution in [3.05, 3.63) is 34.0 Å². The lowest BCUT2D eigenvalue weighted by Gasteiger charge is -2.17. The van der Waals surface area contributed by atoms with Crippen molar-refractivity contribution in [2.75, 3.05) is 6.54 Å². The summed E-state index contributed by atoms with van der Waals surface area (Å²) in [5.41, 5.74) is 3.92. The van der Waals surface area contributed by atoms with E-state index in [9.17, 15) is 0 Å². The van der Waals surface area contributed by atoms with Crippen LogP contribution in [0.2, 0.25) is 0 Å². The number of aryl methyl sites for hydroxylation is 1. The van der Waals surface area contributed by atoms with E-state index in [0.29, 0.717) is 6.04 Å². The van der Waals surface area contributed by atoms with Crippen molar-refractivity contribution in [1.82, 2.24) is 5.32 Å². The number of hydrogen-bond acceptors (Lipinski definition) is 2. The highest BCUT2D eigenvalue weighted by atomic mass is 32.1. The highest BCUT2D eigenvalue weighted by Gasteiger charge is 2.13. The van der Waals surface area contributed by atoms with Crippen molar-refractivity contribution in [1.29, 1.82) is 0 Å². The lowest BCUT2D eigenvalue weighted by Crippen LogP contribution is -2.21. The van der Waals surface area contributed by atoms with Crippen LogP contribution in [0.25, 0.3) is 0 Å². The average molecular weight is 195 g/mol. The molecular weight excluding hydrogens is 178 g/mol. The summed E-state index contributed by atoms with van der Waals surface area (Å²) >= 11 is 1.76. The van der Waals surface area contributed by atoms with Gasteiger partial charge in [-0.3, -0.25) is 0 Å². The van der Waals surface area contributed by atoms with Crippen LogP contribution < -0.4 is 5.32 Å². The molecule has 13 heavy (non-hydrogen) atoms. The highest BCUT2D eigenvalue weighted by molar-refractivity contribution is 7.08. The van der Waals surface area contributed by atoms with Gasteiger partial charge < -0.3 is 5.32 Å². The first-order valence-corrected chi connectivity index (χ1v) is 5.52. The largest absolute Gasteiger partial charge is 0.307 e. The Morgan fingerprint density at radius 3 is 2.69 bits per heavy atom. The molecule has 1 aromatic heterocycles. The molecule has 1 aromatic rings. The Morgan fingerprint density at radius 2 is 2.31 bits per heavy atom. The van der Waals surface area contributed by atoms with E-state index >= 15 is 0 Å². The van der Waals surface area contributed by atoms with Crippen molar-refractivity contribution < 1.29 is 0 Å². The quantitative estimate of drug-likeness (QED) is 0.727. The van der Waals surface area contributed by atoms with Crippen molar-refractivity contribution in [3.63, 3.8) is 0 Å². The molecule has 0 fully saturated rings.